The fourth-order valence-corrected chi connectivity index (χ4v) is 5.77. The van der Waals surface area contributed by atoms with Gasteiger partial charge in [-0.25, -0.2) is 4.85 Å². The molecule has 2 bridgehead atoms. The molecule has 1 saturated heterocycles. The molecule has 0 amide bonds. The minimum atomic E-state index is -1.20. The number of fused-ring (bicyclic) bond motifs is 6. The number of aliphatic hydroxyl groups is 1. The number of rotatable bonds is 5. The van der Waals surface area contributed by atoms with Crippen molar-refractivity contribution in [2.24, 2.45) is 0 Å². The third-order valence-electron chi connectivity index (χ3n) is 7.31. The van der Waals surface area contributed by atoms with Crippen LogP contribution < -0.4 is 4.74 Å². The van der Waals surface area contributed by atoms with Crippen molar-refractivity contribution in [1.82, 2.24) is 9.55 Å². The van der Waals surface area contributed by atoms with Gasteiger partial charge in [0.2, 0.25) is 17.4 Å². The number of hydrogen-bond acceptors (Lipinski definition) is 6. The number of nitrogens with zero attached hydrogens (tertiary/aromatic N) is 3. The van der Waals surface area contributed by atoms with E-state index < -0.39 is 17.3 Å². The van der Waals surface area contributed by atoms with Gasteiger partial charge in [-0.05, 0) is 43.3 Å². The number of halogens is 1. The smallest absolute Gasteiger partial charge is 0.213 e. The first-order chi connectivity index (χ1) is 17.3. The largest absolute Gasteiger partial charge is 0.494 e. The van der Waals surface area contributed by atoms with E-state index in [1.54, 1.807) is 61.7 Å². The molecular weight excluding hydrogens is 482 g/mol. The average molecular weight is 504 g/mol. The molecule has 6 rings (SSSR count). The maximum atomic E-state index is 11.5. The number of aliphatic hydroxyl groups excluding tert-OH is 1. The minimum absolute atomic E-state index is 0.176. The van der Waals surface area contributed by atoms with Crippen LogP contribution in [0.4, 0.5) is 5.69 Å². The van der Waals surface area contributed by atoms with Gasteiger partial charge < -0.3 is 24.8 Å². The van der Waals surface area contributed by atoms with Crippen molar-refractivity contribution in [2.45, 2.75) is 37.1 Å². The van der Waals surface area contributed by atoms with Crippen LogP contribution in [0.25, 0.3) is 21.4 Å². The molecule has 4 heterocycles. The summed E-state index contributed by atoms with van der Waals surface area (Å²) in [7, 11) is 0. The van der Waals surface area contributed by atoms with Gasteiger partial charge in [-0.3, -0.25) is 9.55 Å². The van der Waals surface area contributed by atoms with E-state index in [2.05, 4.69) is 9.83 Å². The lowest BCUT2D eigenvalue weighted by Gasteiger charge is -2.26. The predicted octanol–water partition coefficient (Wildman–Crippen LogP) is 5.32. The van der Waals surface area contributed by atoms with Crippen LogP contribution in [0.2, 0.25) is 5.02 Å². The van der Waals surface area contributed by atoms with Crippen molar-refractivity contribution >= 4 is 28.2 Å². The monoisotopic (exact) mass is 503 g/mol. The Bertz CT molecular complexity index is 1560. The summed E-state index contributed by atoms with van der Waals surface area (Å²) in [6.45, 7) is 9.42. The number of aromatic hydroxyl groups is 2. The lowest BCUT2D eigenvalue weighted by atomic mass is 9.76. The van der Waals surface area contributed by atoms with Crippen molar-refractivity contribution in [3.63, 3.8) is 0 Å². The summed E-state index contributed by atoms with van der Waals surface area (Å²) >= 11 is 5.95. The van der Waals surface area contributed by atoms with E-state index in [-0.39, 0.29) is 24.8 Å². The lowest BCUT2D eigenvalue weighted by Crippen LogP contribution is -2.33. The molecule has 3 atom stereocenters. The van der Waals surface area contributed by atoms with Gasteiger partial charge in [0.1, 0.15) is 17.0 Å². The van der Waals surface area contributed by atoms with E-state index in [9.17, 15) is 15.3 Å². The molecule has 1 fully saturated rings. The minimum Gasteiger partial charge on any atom is -0.494 e. The molecule has 2 aliphatic rings. The Labute approximate surface area is 211 Å². The van der Waals surface area contributed by atoms with Gasteiger partial charge in [0.25, 0.3) is 0 Å². The van der Waals surface area contributed by atoms with E-state index in [1.165, 1.54) is 4.57 Å². The molecule has 3 N–H and O–H groups in total. The zero-order valence-electron chi connectivity index (χ0n) is 19.3. The number of hydrogen-bond donors (Lipinski definition) is 3. The topological polar surface area (TPSA) is 101 Å². The van der Waals surface area contributed by atoms with E-state index in [4.69, 9.17) is 27.6 Å². The van der Waals surface area contributed by atoms with Crippen LogP contribution >= 0.6 is 11.6 Å². The maximum Gasteiger partial charge on any atom is 0.213 e. The van der Waals surface area contributed by atoms with Crippen molar-refractivity contribution in [2.75, 3.05) is 6.61 Å². The first-order valence-corrected chi connectivity index (χ1v) is 11.9. The van der Waals surface area contributed by atoms with Gasteiger partial charge in [0.15, 0.2) is 0 Å². The van der Waals surface area contributed by atoms with Crippen molar-refractivity contribution in [3.8, 4) is 23.2 Å². The zero-order valence-corrected chi connectivity index (χ0v) is 20.0. The summed E-state index contributed by atoms with van der Waals surface area (Å²) in [6.07, 6.45) is 1.29. The van der Waals surface area contributed by atoms with Gasteiger partial charge in [-0.2, -0.15) is 0 Å². The normalized spacial score (nSPS) is 24.1. The highest BCUT2D eigenvalue weighted by Crippen LogP contribution is 2.65. The Balaban J connectivity index is 1.45. The van der Waals surface area contributed by atoms with Crippen molar-refractivity contribution in [1.29, 1.82) is 0 Å². The van der Waals surface area contributed by atoms with Gasteiger partial charge in [-0.15, -0.1) is 0 Å². The average Bonchev–Trinajstić information content (AvgIpc) is 3.41. The van der Waals surface area contributed by atoms with Gasteiger partial charge in [0, 0.05) is 29.4 Å². The first-order valence-electron chi connectivity index (χ1n) is 11.5. The lowest BCUT2D eigenvalue weighted by molar-refractivity contribution is -0.107. The highest BCUT2D eigenvalue weighted by atomic mass is 35.5. The molecule has 182 valence electrons. The number of pyridine rings is 1. The Morgan fingerprint density at radius 3 is 2.67 bits per heavy atom. The molecule has 0 saturated carbocycles. The number of ether oxygens (including phenoxy) is 2. The van der Waals surface area contributed by atoms with Gasteiger partial charge >= 0.3 is 0 Å². The molecule has 2 aromatic heterocycles. The third-order valence-corrected chi connectivity index (χ3v) is 7.57. The van der Waals surface area contributed by atoms with Crippen LogP contribution in [0.1, 0.15) is 30.9 Å². The van der Waals surface area contributed by atoms with Crippen LogP contribution in [0.3, 0.4) is 0 Å². The fourth-order valence-electron chi connectivity index (χ4n) is 5.64. The molecule has 2 aliphatic heterocycles. The molecule has 36 heavy (non-hydrogen) atoms. The molecule has 4 aromatic rings. The Hall–Kier alpha value is -3.77. The number of aromatic nitrogens is 2. The molecule has 9 heteroatoms. The second-order valence-corrected chi connectivity index (χ2v) is 9.76. The highest BCUT2D eigenvalue weighted by molar-refractivity contribution is 6.30. The van der Waals surface area contributed by atoms with Crippen LogP contribution in [0.5, 0.6) is 17.5 Å². The van der Waals surface area contributed by atoms with Crippen LogP contribution in [0, 0.1) is 6.57 Å². The molecule has 2 unspecified atom stereocenters. The summed E-state index contributed by atoms with van der Waals surface area (Å²) in [5, 5.41) is 35.1. The molecular formula is C27H22ClN3O5. The summed E-state index contributed by atoms with van der Waals surface area (Å²) in [5.74, 6) is 0.245. The summed E-state index contributed by atoms with van der Waals surface area (Å²) in [5.41, 5.74) is -0.140. The van der Waals surface area contributed by atoms with Crippen molar-refractivity contribution in [3.05, 3.63) is 82.3 Å². The Kier molecular flexibility index (Phi) is 4.96. The van der Waals surface area contributed by atoms with E-state index in [1.807, 2.05) is 0 Å². The van der Waals surface area contributed by atoms with Crippen LogP contribution in [-0.4, -0.2) is 37.6 Å². The van der Waals surface area contributed by atoms with Gasteiger partial charge in [0.05, 0.1) is 41.6 Å². The van der Waals surface area contributed by atoms with Crippen LogP contribution in [0.15, 0.2) is 54.7 Å². The predicted molar refractivity (Wildman–Crippen MR) is 133 cm³/mol. The first kappa shape index (κ1) is 22.7. The van der Waals surface area contributed by atoms with E-state index in [0.717, 1.165) is 0 Å². The Morgan fingerprint density at radius 1 is 1.17 bits per heavy atom. The second kappa shape index (κ2) is 7.87. The third kappa shape index (κ3) is 3.04. The maximum absolute atomic E-state index is 11.5. The van der Waals surface area contributed by atoms with E-state index >= 15 is 0 Å². The SMILES string of the molecule is [C-]#[N+]c1ccc(-n2c(O)c3c(c2O)C2(C)OC3(CCOc3ccc(Cl)cc3)C[C@H]2O)c2cccnc12. The highest BCUT2D eigenvalue weighted by Gasteiger charge is 2.66. The Morgan fingerprint density at radius 2 is 1.92 bits per heavy atom. The fraction of sp³-hybridized carbons (Fsp3) is 0.259. The second-order valence-electron chi connectivity index (χ2n) is 9.32. The molecule has 2 aromatic carbocycles. The quantitative estimate of drug-likeness (QED) is 0.319. The molecule has 0 spiro atoms. The zero-order chi connectivity index (χ0) is 25.2. The molecule has 0 aliphatic carbocycles. The standard InChI is InChI=1S/C27H22ClN3O5/c1-26-20(32)14-27(36-26,11-13-35-16-7-5-15(28)6-8-16)22-21(26)24(33)31(25(22)34)19-10-9-18(29-2)23-17(19)4-3-12-30-23/h3-10,12,20,32-34H,11,13-14H2,1H3/t20-,26?,27?/m1/s1. The summed E-state index contributed by atoms with van der Waals surface area (Å²) in [6, 6.07) is 13.8. The molecule has 8 nitrogen and oxygen atoms in total. The van der Waals surface area contributed by atoms with Crippen LogP contribution in [-0.2, 0) is 15.9 Å². The summed E-state index contributed by atoms with van der Waals surface area (Å²) in [4.78, 5) is 7.87. The number of benzene rings is 2. The van der Waals surface area contributed by atoms with Gasteiger partial charge in [-0.1, -0.05) is 23.7 Å². The summed E-state index contributed by atoms with van der Waals surface area (Å²) < 4.78 is 13.6. The van der Waals surface area contributed by atoms with E-state index in [0.29, 0.717) is 50.6 Å². The molecule has 0 radical (unpaired) electrons. The van der Waals surface area contributed by atoms with Crippen molar-refractivity contribution < 1.29 is 24.8 Å².